The van der Waals surface area contributed by atoms with Crippen molar-refractivity contribution in [1.82, 2.24) is 5.32 Å². The molecule has 5 rings (SSSR count). The van der Waals surface area contributed by atoms with E-state index in [4.69, 9.17) is 21.1 Å². The molecule has 0 aromatic heterocycles. The van der Waals surface area contributed by atoms with Crippen molar-refractivity contribution < 1.29 is 23.9 Å². The van der Waals surface area contributed by atoms with Gasteiger partial charge in [0.2, 0.25) is 0 Å². The molecule has 1 aliphatic heterocycles. The first-order valence-corrected chi connectivity index (χ1v) is 13.5. The van der Waals surface area contributed by atoms with Crippen LogP contribution < -0.4 is 20.1 Å². The van der Waals surface area contributed by atoms with Crippen molar-refractivity contribution in [2.75, 3.05) is 18.5 Å². The summed E-state index contributed by atoms with van der Waals surface area (Å²) in [5.41, 5.74) is 5.58. The van der Waals surface area contributed by atoms with Gasteiger partial charge in [-0.25, -0.2) is 0 Å². The number of benzene rings is 2. The van der Waals surface area contributed by atoms with Crippen LogP contribution in [0, 0.1) is 6.92 Å². The lowest BCUT2D eigenvalue weighted by atomic mass is 9.71. The normalized spacial score (nSPS) is 17.6. The maximum absolute atomic E-state index is 13.1. The predicted molar refractivity (Wildman–Crippen MR) is 146 cm³/mol. The van der Waals surface area contributed by atoms with Crippen LogP contribution in [0.15, 0.2) is 58.9 Å². The van der Waals surface area contributed by atoms with E-state index in [0.29, 0.717) is 52.8 Å². The van der Waals surface area contributed by atoms with Crippen molar-refractivity contribution in [3.8, 4) is 11.5 Å². The largest absolute Gasteiger partial charge is 0.490 e. The summed E-state index contributed by atoms with van der Waals surface area (Å²) in [6.45, 7) is 3.92. The Morgan fingerprint density at radius 3 is 2.26 bits per heavy atom. The zero-order chi connectivity index (χ0) is 26.8. The standard InChI is InChI=1S/C30H31ClN2O5/c1-3-37-26-14-18(11-13-25(26)38-16-27(36)32-19-12-10-17(2)20(31)15-19)28-29-21(6-4-8-23(29)34)33-22-7-5-9-24(35)30(22)28/h10-15,28,33H,3-9,16H2,1-2H3,(H,32,36). The lowest BCUT2D eigenvalue weighted by molar-refractivity contribution is -0.118. The molecule has 198 valence electrons. The zero-order valence-corrected chi connectivity index (χ0v) is 22.4. The minimum Gasteiger partial charge on any atom is -0.490 e. The number of hydrogen-bond acceptors (Lipinski definition) is 6. The number of hydrogen-bond donors (Lipinski definition) is 2. The number of carbonyl (C=O) groups excluding carboxylic acids is 3. The Hall–Kier alpha value is -3.58. The Morgan fingerprint density at radius 2 is 1.63 bits per heavy atom. The third-order valence-corrected chi connectivity index (χ3v) is 7.61. The number of anilines is 1. The monoisotopic (exact) mass is 534 g/mol. The highest BCUT2D eigenvalue weighted by Gasteiger charge is 2.40. The van der Waals surface area contributed by atoms with E-state index in [1.807, 2.05) is 32.0 Å². The molecule has 2 N–H and O–H groups in total. The van der Waals surface area contributed by atoms with E-state index in [1.54, 1.807) is 18.2 Å². The molecule has 7 nitrogen and oxygen atoms in total. The van der Waals surface area contributed by atoms with Crippen LogP contribution in [0.1, 0.15) is 62.5 Å². The summed E-state index contributed by atoms with van der Waals surface area (Å²) in [7, 11) is 0. The second-order valence-electron chi connectivity index (χ2n) is 9.84. The number of rotatable bonds is 7. The van der Waals surface area contributed by atoms with Gasteiger partial charge in [0.05, 0.1) is 6.61 Å². The topological polar surface area (TPSA) is 93.7 Å². The van der Waals surface area contributed by atoms with Crippen molar-refractivity contribution in [3.63, 3.8) is 0 Å². The van der Waals surface area contributed by atoms with Gasteiger partial charge in [-0.3, -0.25) is 14.4 Å². The lowest BCUT2D eigenvalue weighted by Gasteiger charge is -2.37. The SMILES string of the molecule is CCOc1cc(C2C3=C(CCCC3=O)NC3=C2C(=O)CCC3)ccc1OCC(=O)Nc1ccc(C)c(Cl)c1. The van der Waals surface area contributed by atoms with Gasteiger partial charge >= 0.3 is 0 Å². The minimum absolute atomic E-state index is 0.0832. The molecule has 2 aromatic rings. The highest BCUT2D eigenvalue weighted by atomic mass is 35.5. The number of ether oxygens (including phenoxy) is 2. The van der Waals surface area contributed by atoms with E-state index in [2.05, 4.69) is 10.6 Å². The van der Waals surface area contributed by atoms with Gasteiger partial charge in [-0.2, -0.15) is 0 Å². The van der Waals surface area contributed by atoms with E-state index in [-0.39, 0.29) is 24.1 Å². The molecular formula is C30H31ClN2O5. The van der Waals surface area contributed by atoms with Crippen molar-refractivity contribution in [3.05, 3.63) is 75.1 Å². The summed E-state index contributed by atoms with van der Waals surface area (Å²) in [6.07, 6.45) is 4.17. The second kappa shape index (κ2) is 11.0. The summed E-state index contributed by atoms with van der Waals surface area (Å²) in [6, 6.07) is 10.8. The van der Waals surface area contributed by atoms with Crippen LogP contribution in [0.2, 0.25) is 5.02 Å². The molecule has 0 fully saturated rings. The van der Waals surface area contributed by atoms with Gasteiger partial charge in [0.1, 0.15) is 0 Å². The van der Waals surface area contributed by atoms with Gasteiger partial charge in [0.25, 0.3) is 5.91 Å². The van der Waals surface area contributed by atoms with E-state index in [9.17, 15) is 14.4 Å². The number of aryl methyl sites for hydroxylation is 1. The summed E-state index contributed by atoms with van der Waals surface area (Å²) >= 11 is 6.16. The van der Waals surface area contributed by atoms with Crippen LogP contribution >= 0.6 is 11.6 Å². The number of allylic oxidation sites excluding steroid dienone is 4. The number of ketones is 2. The Bertz CT molecular complexity index is 1330. The third-order valence-electron chi connectivity index (χ3n) is 7.21. The van der Waals surface area contributed by atoms with Gasteiger partial charge in [0.15, 0.2) is 29.7 Å². The fourth-order valence-electron chi connectivity index (χ4n) is 5.42. The number of Topliss-reactive ketones (excluding diaryl/α,β-unsaturated/α-hetero) is 2. The highest BCUT2D eigenvalue weighted by Crippen LogP contribution is 2.46. The average molecular weight is 535 g/mol. The number of halogens is 1. The molecule has 2 aromatic carbocycles. The highest BCUT2D eigenvalue weighted by molar-refractivity contribution is 6.31. The number of nitrogens with one attached hydrogen (secondary N) is 2. The molecule has 0 atom stereocenters. The molecule has 1 amide bonds. The summed E-state index contributed by atoms with van der Waals surface area (Å²) in [5.74, 6) is 0.282. The first-order chi connectivity index (χ1) is 18.4. The van der Waals surface area contributed by atoms with Crippen LogP contribution in [-0.4, -0.2) is 30.7 Å². The molecule has 0 saturated carbocycles. The van der Waals surface area contributed by atoms with Gasteiger partial charge in [0, 0.05) is 52.0 Å². The molecule has 0 spiro atoms. The first-order valence-electron chi connectivity index (χ1n) is 13.1. The van der Waals surface area contributed by atoms with Crippen LogP contribution in [0.4, 0.5) is 5.69 Å². The Labute approximate surface area is 227 Å². The van der Waals surface area contributed by atoms with Gasteiger partial charge in [-0.1, -0.05) is 23.7 Å². The minimum atomic E-state index is -0.426. The molecule has 2 aliphatic carbocycles. The molecule has 0 bridgehead atoms. The lowest BCUT2D eigenvalue weighted by Crippen LogP contribution is -2.36. The summed E-state index contributed by atoms with van der Waals surface area (Å²) in [5, 5.41) is 6.79. The smallest absolute Gasteiger partial charge is 0.262 e. The quantitative estimate of drug-likeness (QED) is 0.468. The summed E-state index contributed by atoms with van der Waals surface area (Å²) in [4.78, 5) is 38.7. The van der Waals surface area contributed by atoms with Crippen LogP contribution in [0.25, 0.3) is 0 Å². The fraction of sp³-hybridized carbons (Fsp3) is 0.367. The number of dihydropyridines is 1. The Morgan fingerprint density at radius 1 is 0.947 bits per heavy atom. The van der Waals surface area contributed by atoms with Crippen molar-refractivity contribution in [1.29, 1.82) is 0 Å². The molecule has 8 heteroatoms. The maximum Gasteiger partial charge on any atom is 0.262 e. The Kier molecular flexibility index (Phi) is 7.56. The van der Waals surface area contributed by atoms with Gasteiger partial charge in [-0.15, -0.1) is 0 Å². The van der Waals surface area contributed by atoms with Crippen LogP contribution in [-0.2, 0) is 14.4 Å². The molecule has 38 heavy (non-hydrogen) atoms. The number of amides is 1. The molecular weight excluding hydrogens is 504 g/mol. The Balaban J connectivity index is 1.41. The summed E-state index contributed by atoms with van der Waals surface area (Å²) < 4.78 is 11.7. The average Bonchev–Trinajstić information content (AvgIpc) is 2.89. The van der Waals surface area contributed by atoms with Gasteiger partial charge in [-0.05, 0) is 74.9 Å². The van der Waals surface area contributed by atoms with E-state index < -0.39 is 5.92 Å². The van der Waals surface area contributed by atoms with E-state index >= 15 is 0 Å². The van der Waals surface area contributed by atoms with Crippen molar-refractivity contribution >= 4 is 34.8 Å². The predicted octanol–water partition coefficient (Wildman–Crippen LogP) is 5.77. The maximum atomic E-state index is 13.1. The van der Waals surface area contributed by atoms with Gasteiger partial charge < -0.3 is 20.1 Å². The van der Waals surface area contributed by atoms with E-state index in [1.165, 1.54) is 0 Å². The van der Waals surface area contributed by atoms with Crippen LogP contribution in [0.3, 0.4) is 0 Å². The molecule has 3 aliphatic rings. The number of carbonyl (C=O) groups is 3. The fourth-order valence-corrected chi connectivity index (χ4v) is 5.60. The molecule has 0 unspecified atom stereocenters. The zero-order valence-electron chi connectivity index (χ0n) is 21.6. The molecule has 0 radical (unpaired) electrons. The molecule has 0 saturated heterocycles. The van der Waals surface area contributed by atoms with Crippen molar-refractivity contribution in [2.45, 2.75) is 58.3 Å². The third kappa shape index (κ3) is 5.20. The van der Waals surface area contributed by atoms with Crippen molar-refractivity contribution in [2.24, 2.45) is 0 Å². The second-order valence-corrected chi connectivity index (χ2v) is 10.2. The van der Waals surface area contributed by atoms with Crippen LogP contribution in [0.5, 0.6) is 11.5 Å². The van der Waals surface area contributed by atoms with E-state index in [0.717, 1.165) is 48.2 Å². The first kappa shape index (κ1) is 26.0. The molecule has 1 heterocycles.